The SMILES string of the molecule is C[C@@H](c1ccccc1)N(CC(N)=O)C(=O)CN(CCCCN)C(=O)CN(C(=O)CN(CCCCN)C(=O)CN(CCCCN)C(=O)CN(CCCCN)C(=O)CCCCCCC(=O)CCCCCNC(=O)CCCCC1SC[C@@H]2NC(=O)N[C@H]12)[C@@H](C)c1ccccc1. The maximum absolute atomic E-state index is 14.9. The van der Waals surface area contributed by atoms with Gasteiger partial charge in [-0.1, -0.05) is 86.3 Å². The van der Waals surface area contributed by atoms with E-state index in [0.717, 1.165) is 68.2 Å². The lowest BCUT2D eigenvalue weighted by Gasteiger charge is -2.35. The fraction of sp³-hybridized carbons (Fsp3) is 0.672. The van der Waals surface area contributed by atoms with E-state index in [1.165, 1.54) is 29.4 Å². The van der Waals surface area contributed by atoms with Crippen molar-refractivity contribution in [2.45, 2.75) is 185 Å². The first-order valence-corrected chi connectivity index (χ1v) is 34.8. The van der Waals surface area contributed by atoms with Crippen LogP contribution in [-0.2, 0) is 43.2 Å². The van der Waals surface area contributed by atoms with Crippen LogP contribution in [0.3, 0.4) is 0 Å². The Bertz CT molecular complexity index is 2570. The van der Waals surface area contributed by atoms with Gasteiger partial charge in [0, 0.05) is 69.4 Å². The van der Waals surface area contributed by atoms with E-state index >= 15 is 0 Å². The smallest absolute Gasteiger partial charge is 0.315 e. The number of nitrogens with zero attached hydrogens (tertiary/aromatic N) is 6. The zero-order valence-corrected chi connectivity index (χ0v) is 55.9. The van der Waals surface area contributed by atoms with Crippen LogP contribution in [0.1, 0.15) is 178 Å². The van der Waals surface area contributed by atoms with Crippen LogP contribution in [-0.4, -0.2) is 210 Å². The molecule has 0 aromatic heterocycles. The molecule has 4 rings (SSSR count). The van der Waals surface area contributed by atoms with Crippen molar-refractivity contribution in [3.05, 3.63) is 71.8 Å². The van der Waals surface area contributed by atoms with Gasteiger partial charge in [-0.3, -0.25) is 43.2 Å². The highest BCUT2D eigenvalue weighted by Crippen LogP contribution is 2.33. The van der Waals surface area contributed by atoms with Gasteiger partial charge in [-0.05, 0) is 141 Å². The summed E-state index contributed by atoms with van der Waals surface area (Å²) in [5, 5.41) is 9.36. The molecule has 2 aliphatic rings. The number of thioether (sulfide) groups is 1. The van der Waals surface area contributed by atoms with Crippen molar-refractivity contribution in [2.75, 3.05) is 104 Å². The predicted molar refractivity (Wildman–Crippen MR) is 360 cm³/mol. The minimum Gasteiger partial charge on any atom is -0.368 e. The number of nitrogens with one attached hydrogen (secondary N) is 3. The normalized spacial score (nSPS) is 15.5. The van der Waals surface area contributed by atoms with Gasteiger partial charge in [0.2, 0.25) is 47.3 Å². The summed E-state index contributed by atoms with van der Waals surface area (Å²) >= 11 is 1.88. The number of amides is 10. The van der Waals surface area contributed by atoms with Crippen molar-refractivity contribution in [2.24, 2.45) is 28.7 Å². The lowest BCUT2D eigenvalue weighted by Crippen LogP contribution is -2.52. The number of benzene rings is 2. The molecule has 13 N–H and O–H groups in total. The average molecular weight is 1300 g/mol. The van der Waals surface area contributed by atoms with Crippen molar-refractivity contribution in [3.63, 3.8) is 0 Å². The minimum absolute atomic E-state index is 0.0428. The van der Waals surface area contributed by atoms with E-state index in [2.05, 4.69) is 16.0 Å². The molecular formula is C67H110N14O10S. The molecule has 0 aliphatic carbocycles. The molecule has 0 saturated carbocycles. The summed E-state index contributed by atoms with van der Waals surface area (Å²) < 4.78 is 0. The molecule has 2 aromatic carbocycles. The van der Waals surface area contributed by atoms with Gasteiger partial charge in [-0.15, -0.1) is 0 Å². The molecule has 1 unspecified atom stereocenters. The number of primary amides is 1. The van der Waals surface area contributed by atoms with E-state index in [1.807, 2.05) is 72.4 Å². The Kier molecular flexibility index (Phi) is 37.9. The van der Waals surface area contributed by atoms with Gasteiger partial charge in [0.1, 0.15) is 12.3 Å². The molecule has 0 radical (unpaired) electrons. The molecule has 24 nitrogen and oxygen atoms in total. The van der Waals surface area contributed by atoms with Gasteiger partial charge < -0.3 is 74.0 Å². The molecule has 0 spiro atoms. The first-order valence-electron chi connectivity index (χ1n) is 33.8. The summed E-state index contributed by atoms with van der Waals surface area (Å²) in [5.41, 5.74) is 30.6. The van der Waals surface area contributed by atoms with Crippen LogP contribution in [0.25, 0.3) is 0 Å². The number of carbonyl (C=O) groups is 10. The highest BCUT2D eigenvalue weighted by atomic mass is 32.2. The number of Topliss-reactive ketones (excluding diaryl/α,β-unsaturated/α-hetero) is 1. The van der Waals surface area contributed by atoms with Crippen LogP contribution in [0.15, 0.2) is 60.7 Å². The van der Waals surface area contributed by atoms with Gasteiger partial charge in [0.25, 0.3) is 0 Å². The van der Waals surface area contributed by atoms with E-state index in [0.29, 0.717) is 128 Å². The summed E-state index contributed by atoms with van der Waals surface area (Å²) in [5.74, 6) is -2.31. The quantitative estimate of drug-likeness (QED) is 0.0339. The standard InChI is InChI=1S/C67H110N14O10S/c1-51(53-26-8-5-9-27-53)80(44-58(72)83)64(89)47-79(43-25-20-38-71)63(88)49-81(52(2)54-28-10-6-11-29-54)65(90)48-78(42-24-19-37-70)62(87)46-77(41-23-18-36-69)61(86)45-76(40-22-17-35-68)60(85)34-14-4-3-12-30-55(82)31-13-7-21-39-73-59(84)33-16-15-32-57-66-56(50-92-57)74-67(91)75-66/h5-6,8-11,26-29,51-52,56-57,66H,3-4,7,12-25,30-50,68-71H2,1-2H3,(H2,72,83)(H,73,84)(H2,74,75,91)/t51-,52-,56-,57?,66-/m0/s1. The second kappa shape index (κ2) is 44.8. The highest BCUT2D eigenvalue weighted by molar-refractivity contribution is 8.00. The van der Waals surface area contributed by atoms with Gasteiger partial charge in [0.05, 0.1) is 56.9 Å². The van der Waals surface area contributed by atoms with Crippen molar-refractivity contribution in [1.29, 1.82) is 0 Å². The fourth-order valence-corrected chi connectivity index (χ4v) is 13.1. The second-order valence-electron chi connectivity index (χ2n) is 24.4. The Morgan fingerprint density at radius 3 is 1.36 bits per heavy atom. The molecule has 2 aromatic rings. The molecule has 514 valence electrons. The minimum atomic E-state index is -0.724. The van der Waals surface area contributed by atoms with Crippen LogP contribution in [0.4, 0.5) is 4.79 Å². The lowest BCUT2D eigenvalue weighted by molar-refractivity contribution is -0.149. The van der Waals surface area contributed by atoms with Crippen molar-refractivity contribution < 1.29 is 47.9 Å². The third kappa shape index (κ3) is 29.1. The van der Waals surface area contributed by atoms with Crippen LogP contribution >= 0.6 is 11.8 Å². The highest BCUT2D eigenvalue weighted by Gasteiger charge is 2.42. The number of ketones is 1. The summed E-state index contributed by atoms with van der Waals surface area (Å²) in [7, 11) is 0. The van der Waals surface area contributed by atoms with Gasteiger partial charge >= 0.3 is 6.03 Å². The number of nitrogens with two attached hydrogens (primary N) is 5. The molecule has 25 heteroatoms. The molecule has 2 fully saturated rings. The number of rotatable bonds is 50. The Morgan fingerprint density at radius 2 is 0.891 bits per heavy atom. The number of hydrogen-bond acceptors (Lipinski definition) is 15. The zero-order valence-electron chi connectivity index (χ0n) is 55.1. The third-order valence-electron chi connectivity index (χ3n) is 17.1. The van der Waals surface area contributed by atoms with Gasteiger partial charge in [-0.2, -0.15) is 11.8 Å². The van der Waals surface area contributed by atoms with Gasteiger partial charge in [-0.25, -0.2) is 4.79 Å². The van der Waals surface area contributed by atoms with Crippen molar-refractivity contribution in [1.82, 2.24) is 45.3 Å². The number of unbranched alkanes of at least 4 members (excludes halogenated alkanes) is 10. The molecule has 92 heavy (non-hydrogen) atoms. The number of urea groups is 1. The van der Waals surface area contributed by atoms with E-state index in [-0.39, 0.29) is 81.4 Å². The fourth-order valence-electron chi connectivity index (χ4n) is 11.6. The maximum Gasteiger partial charge on any atom is 0.315 e. The summed E-state index contributed by atoms with van der Waals surface area (Å²) in [4.78, 5) is 144. The van der Waals surface area contributed by atoms with Crippen molar-refractivity contribution in [3.8, 4) is 0 Å². The molecule has 5 atom stereocenters. The molecule has 10 amide bonds. The average Bonchev–Trinajstić information content (AvgIpc) is 1.76. The van der Waals surface area contributed by atoms with E-state index in [1.54, 1.807) is 13.8 Å². The van der Waals surface area contributed by atoms with E-state index in [9.17, 15) is 47.9 Å². The maximum atomic E-state index is 14.9. The Morgan fingerprint density at radius 1 is 0.478 bits per heavy atom. The van der Waals surface area contributed by atoms with E-state index < -0.39 is 67.2 Å². The van der Waals surface area contributed by atoms with Crippen LogP contribution in [0.5, 0.6) is 0 Å². The summed E-state index contributed by atoms with van der Waals surface area (Å²) in [6.45, 7) is 3.93. The monoisotopic (exact) mass is 1300 g/mol. The summed E-state index contributed by atoms with van der Waals surface area (Å²) in [6, 6.07) is 17.3. The molecule has 2 saturated heterocycles. The third-order valence-corrected chi connectivity index (χ3v) is 18.7. The van der Waals surface area contributed by atoms with Gasteiger partial charge in [0.15, 0.2) is 0 Å². The lowest BCUT2D eigenvalue weighted by atomic mass is 10.0. The van der Waals surface area contributed by atoms with Crippen LogP contribution < -0.4 is 44.6 Å². The summed E-state index contributed by atoms with van der Waals surface area (Å²) in [6.07, 6.45) is 13.8. The van der Waals surface area contributed by atoms with E-state index in [4.69, 9.17) is 28.7 Å². The van der Waals surface area contributed by atoms with Crippen LogP contribution in [0, 0.1) is 0 Å². The number of hydrogen-bond donors (Lipinski definition) is 8. The molecular weight excluding hydrogens is 1190 g/mol. The number of carbonyl (C=O) groups excluding carboxylic acids is 10. The Balaban J connectivity index is 1.34. The predicted octanol–water partition coefficient (Wildman–Crippen LogP) is 4.23. The molecule has 2 heterocycles. The first kappa shape index (κ1) is 77.8. The van der Waals surface area contributed by atoms with Crippen LogP contribution in [0.2, 0.25) is 0 Å². The molecule has 2 aliphatic heterocycles. The zero-order chi connectivity index (χ0) is 67.0. The second-order valence-corrected chi connectivity index (χ2v) is 25.7. The largest absolute Gasteiger partial charge is 0.368 e. The Labute approximate surface area is 550 Å². The molecule has 0 bridgehead atoms. The topological polar surface area (TPSA) is 356 Å². The van der Waals surface area contributed by atoms with Crippen molar-refractivity contribution >= 4 is 70.8 Å². The first-order chi connectivity index (χ1) is 44.4. The Hall–Kier alpha value is -6.67. The number of fused-ring (bicyclic) bond motifs is 1.